The monoisotopic (exact) mass is 84.1 g/mol. The lowest BCUT2D eigenvalue weighted by Crippen LogP contribution is -2.22. The van der Waals surface area contributed by atoms with E-state index in [1.807, 2.05) is 12.3 Å². The van der Waals surface area contributed by atoms with Crippen LogP contribution in [0.15, 0.2) is 12.3 Å². The first kappa shape index (κ1) is 3.68. The Morgan fingerprint density at radius 2 is 2.67 bits per heavy atom. The van der Waals surface area contributed by atoms with Gasteiger partial charge in [-0.2, -0.15) is 0 Å². The van der Waals surface area contributed by atoms with Crippen molar-refractivity contribution in [1.29, 1.82) is 0 Å². The SMILES string of the molecule is NC1C=CNC1. The van der Waals surface area contributed by atoms with Crippen LogP contribution < -0.4 is 11.1 Å². The zero-order chi connectivity index (χ0) is 4.41. The van der Waals surface area contributed by atoms with Crippen molar-refractivity contribution < 1.29 is 0 Å². The smallest absolute Gasteiger partial charge is 0.0416 e. The Hall–Kier alpha value is -0.500. The van der Waals surface area contributed by atoms with E-state index >= 15 is 0 Å². The van der Waals surface area contributed by atoms with E-state index < -0.39 is 0 Å². The molecule has 0 aromatic carbocycles. The Kier molecular flexibility index (Phi) is 0.801. The Bertz CT molecular complexity index is 67.9. The minimum Gasteiger partial charge on any atom is -0.389 e. The third kappa shape index (κ3) is 0.518. The first-order valence-electron chi connectivity index (χ1n) is 2.05. The van der Waals surface area contributed by atoms with Crippen molar-refractivity contribution in [2.24, 2.45) is 5.73 Å². The van der Waals surface area contributed by atoms with E-state index in [0.29, 0.717) is 0 Å². The Labute approximate surface area is 37.0 Å². The van der Waals surface area contributed by atoms with Crippen LogP contribution in [0.2, 0.25) is 0 Å². The molecule has 2 heteroatoms. The lowest BCUT2D eigenvalue weighted by atomic mass is 10.4. The molecule has 2 nitrogen and oxygen atoms in total. The van der Waals surface area contributed by atoms with Crippen LogP contribution in [0.3, 0.4) is 0 Å². The van der Waals surface area contributed by atoms with Gasteiger partial charge in [0.15, 0.2) is 0 Å². The molecule has 0 radical (unpaired) electrons. The highest BCUT2D eigenvalue weighted by Crippen LogP contribution is 1.84. The average molecular weight is 84.1 g/mol. The lowest BCUT2D eigenvalue weighted by molar-refractivity contribution is 0.795. The van der Waals surface area contributed by atoms with E-state index in [1.54, 1.807) is 0 Å². The first-order valence-corrected chi connectivity index (χ1v) is 2.05. The largest absolute Gasteiger partial charge is 0.389 e. The fourth-order valence-electron chi connectivity index (χ4n) is 0.464. The second-order valence-corrected chi connectivity index (χ2v) is 1.43. The van der Waals surface area contributed by atoms with Crippen LogP contribution in [0.25, 0.3) is 0 Å². The number of rotatable bonds is 0. The Morgan fingerprint density at radius 3 is 2.83 bits per heavy atom. The van der Waals surface area contributed by atoms with E-state index in [9.17, 15) is 0 Å². The highest BCUT2D eigenvalue weighted by Gasteiger charge is 1.97. The van der Waals surface area contributed by atoms with Crippen LogP contribution in [0.4, 0.5) is 0 Å². The maximum atomic E-state index is 5.39. The quantitative estimate of drug-likeness (QED) is 0.412. The first-order chi connectivity index (χ1) is 2.89. The molecule has 1 heterocycles. The van der Waals surface area contributed by atoms with Gasteiger partial charge in [-0.3, -0.25) is 0 Å². The summed E-state index contributed by atoms with van der Waals surface area (Å²) in [4.78, 5) is 0. The molecule has 34 valence electrons. The Morgan fingerprint density at radius 1 is 1.83 bits per heavy atom. The van der Waals surface area contributed by atoms with Gasteiger partial charge in [0.2, 0.25) is 0 Å². The number of nitrogens with one attached hydrogen (secondary N) is 1. The van der Waals surface area contributed by atoms with Crippen LogP contribution in [-0.4, -0.2) is 12.6 Å². The zero-order valence-corrected chi connectivity index (χ0v) is 3.52. The maximum Gasteiger partial charge on any atom is 0.0416 e. The van der Waals surface area contributed by atoms with Crippen LogP contribution >= 0.6 is 0 Å². The van der Waals surface area contributed by atoms with Crippen molar-refractivity contribution in [3.05, 3.63) is 12.3 Å². The molecule has 0 aromatic heterocycles. The molecule has 6 heavy (non-hydrogen) atoms. The molecule has 0 amide bonds. The summed E-state index contributed by atoms with van der Waals surface area (Å²) in [5.41, 5.74) is 5.39. The minimum atomic E-state index is 0.255. The summed E-state index contributed by atoms with van der Waals surface area (Å²) in [6.45, 7) is 0.903. The summed E-state index contributed by atoms with van der Waals surface area (Å²) >= 11 is 0. The van der Waals surface area contributed by atoms with Gasteiger partial charge in [-0.1, -0.05) is 6.08 Å². The standard InChI is InChI=1S/C4H8N2/c5-4-1-2-6-3-4/h1-2,4,6H,3,5H2. The zero-order valence-electron chi connectivity index (χ0n) is 3.52. The second-order valence-electron chi connectivity index (χ2n) is 1.43. The molecule has 0 saturated carbocycles. The molecule has 0 aliphatic carbocycles. The molecule has 0 bridgehead atoms. The van der Waals surface area contributed by atoms with Crippen LogP contribution in [0, 0.1) is 0 Å². The fourth-order valence-corrected chi connectivity index (χ4v) is 0.464. The van der Waals surface area contributed by atoms with Gasteiger partial charge in [-0.25, -0.2) is 0 Å². The van der Waals surface area contributed by atoms with Gasteiger partial charge in [0.05, 0.1) is 0 Å². The van der Waals surface area contributed by atoms with Crippen molar-refractivity contribution in [1.82, 2.24) is 5.32 Å². The molecular weight excluding hydrogens is 76.1 g/mol. The molecular formula is C4H8N2. The van der Waals surface area contributed by atoms with E-state index in [1.165, 1.54) is 0 Å². The minimum absolute atomic E-state index is 0.255. The highest BCUT2D eigenvalue weighted by atomic mass is 14.9. The van der Waals surface area contributed by atoms with Gasteiger partial charge in [0.25, 0.3) is 0 Å². The van der Waals surface area contributed by atoms with E-state index in [4.69, 9.17) is 5.73 Å². The van der Waals surface area contributed by atoms with E-state index in [2.05, 4.69) is 5.32 Å². The van der Waals surface area contributed by atoms with Crippen molar-refractivity contribution in [3.63, 3.8) is 0 Å². The van der Waals surface area contributed by atoms with Crippen molar-refractivity contribution in [3.8, 4) is 0 Å². The van der Waals surface area contributed by atoms with Crippen LogP contribution in [0.1, 0.15) is 0 Å². The molecule has 0 saturated heterocycles. The highest BCUT2D eigenvalue weighted by molar-refractivity contribution is 4.98. The summed E-state index contributed by atoms with van der Waals surface area (Å²) in [6.07, 6.45) is 3.82. The van der Waals surface area contributed by atoms with Gasteiger partial charge in [-0.15, -0.1) is 0 Å². The fraction of sp³-hybridized carbons (Fsp3) is 0.500. The second kappa shape index (κ2) is 1.30. The molecule has 0 fully saturated rings. The summed E-state index contributed by atoms with van der Waals surface area (Å²) in [6, 6.07) is 0.255. The number of hydrogen-bond acceptors (Lipinski definition) is 2. The van der Waals surface area contributed by atoms with Gasteiger partial charge in [0.1, 0.15) is 0 Å². The van der Waals surface area contributed by atoms with Crippen LogP contribution in [0.5, 0.6) is 0 Å². The average Bonchev–Trinajstić information content (AvgIpc) is 1.86. The maximum absolute atomic E-state index is 5.39. The molecule has 1 unspecified atom stereocenters. The van der Waals surface area contributed by atoms with Crippen molar-refractivity contribution >= 4 is 0 Å². The summed E-state index contributed by atoms with van der Waals surface area (Å²) < 4.78 is 0. The van der Waals surface area contributed by atoms with Crippen molar-refractivity contribution in [2.45, 2.75) is 6.04 Å². The lowest BCUT2D eigenvalue weighted by Gasteiger charge is -1.92. The van der Waals surface area contributed by atoms with E-state index in [-0.39, 0.29) is 6.04 Å². The summed E-state index contributed by atoms with van der Waals surface area (Å²) in [7, 11) is 0. The van der Waals surface area contributed by atoms with E-state index in [0.717, 1.165) is 6.54 Å². The molecule has 1 aliphatic heterocycles. The summed E-state index contributed by atoms with van der Waals surface area (Å²) in [5, 5.41) is 2.97. The predicted molar refractivity (Wildman–Crippen MR) is 25.1 cm³/mol. The normalized spacial score (nSPS) is 30.5. The van der Waals surface area contributed by atoms with Crippen LogP contribution in [-0.2, 0) is 0 Å². The van der Waals surface area contributed by atoms with Gasteiger partial charge < -0.3 is 11.1 Å². The third-order valence-corrected chi connectivity index (χ3v) is 0.815. The molecule has 3 N–H and O–H groups in total. The van der Waals surface area contributed by atoms with Gasteiger partial charge in [0, 0.05) is 12.6 Å². The Balaban J connectivity index is 2.38. The number of nitrogens with two attached hydrogens (primary N) is 1. The molecule has 0 spiro atoms. The third-order valence-electron chi connectivity index (χ3n) is 0.815. The molecule has 1 atom stereocenters. The molecule has 1 rings (SSSR count). The van der Waals surface area contributed by atoms with Gasteiger partial charge in [-0.05, 0) is 6.20 Å². The molecule has 1 aliphatic rings. The predicted octanol–water partition coefficient (Wildman–Crippen LogP) is -0.569. The number of hydrogen-bond donors (Lipinski definition) is 2. The summed E-state index contributed by atoms with van der Waals surface area (Å²) in [5.74, 6) is 0. The van der Waals surface area contributed by atoms with Gasteiger partial charge >= 0.3 is 0 Å². The molecule has 0 aromatic rings. The topological polar surface area (TPSA) is 38.0 Å². The van der Waals surface area contributed by atoms with Crippen molar-refractivity contribution in [2.75, 3.05) is 6.54 Å².